The first kappa shape index (κ1) is 25.9. The van der Waals surface area contributed by atoms with E-state index in [0.717, 1.165) is 0 Å². The van der Waals surface area contributed by atoms with Crippen LogP contribution in [0, 0.1) is 0 Å². The zero-order valence-corrected chi connectivity index (χ0v) is 16.3. The first-order chi connectivity index (χ1) is 7.41. The Morgan fingerprint density at radius 3 is 0.895 bits per heavy atom. The average molecular weight is 522 g/mol. The van der Waals surface area contributed by atoms with Crippen LogP contribution in [0.2, 0.25) is 0 Å². The Morgan fingerprint density at radius 1 is 0.737 bits per heavy atom. The molecule has 0 amide bonds. The summed E-state index contributed by atoms with van der Waals surface area (Å²) in [7, 11) is -10.3. The molecule has 0 saturated heterocycles. The first-order valence-corrected chi connectivity index (χ1v) is 12.5. The molecular weight excluding hydrogens is 518 g/mol. The molecule has 0 aromatic heterocycles. The fourth-order valence-electron chi connectivity index (χ4n) is 0.238. The standard InChI is InChI=1S/Ca.2Mo.2H3O4P.6O/c;;;2*1-5(2,3)4;;;;;;/h;;;2*(H3,1,2,3,4);;;;;;/q+2;2*+1;;;;;;;2*-1/p-2. The van der Waals surface area contributed by atoms with Crippen molar-refractivity contribution in [3.05, 3.63) is 0 Å². The third kappa shape index (κ3) is 33.0. The molecule has 0 atom stereocenters. The Kier molecular flexibility index (Phi) is 12.5. The summed E-state index contributed by atoms with van der Waals surface area (Å²) in [6.07, 6.45) is 0. The quantitative estimate of drug-likeness (QED) is 0.202. The number of rotatable bonds is 4. The van der Waals surface area contributed by atoms with E-state index in [-0.39, 0.29) is 37.7 Å². The van der Waals surface area contributed by atoms with Gasteiger partial charge in [0.1, 0.15) is 0 Å². The Morgan fingerprint density at radius 2 is 0.895 bits per heavy atom. The second-order valence-electron chi connectivity index (χ2n) is 1.95. The topological polar surface area (TPSA) is 248 Å². The molecule has 0 aliphatic rings. The smallest absolute Gasteiger partial charge is 2.00 e. The third-order valence-corrected chi connectivity index (χ3v) is 6.69. The molecule has 19 heavy (non-hydrogen) atoms. The van der Waals surface area contributed by atoms with Crippen LogP contribution in [0.25, 0.3) is 0 Å². The van der Waals surface area contributed by atoms with Crippen molar-refractivity contribution in [1.29, 1.82) is 0 Å². The average Bonchev–Trinajstić information content (AvgIpc) is 1.64. The zero-order chi connectivity index (χ0) is 15.4. The molecule has 0 rings (SSSR count). The SMILES string of the molecule is O=P(O)(O)[O][Mo](=[O])(=[O])[O-].O=P(O)(O)[O][Mo](=[O])(=[O])[O-].[Ca+2]. The minimum absolute atomic E-state index is 0. The van der Waals surface area contributed by atoms with Gasteiger partial charge in [-0.1, -0.05) is 0 Å². The minimum atomic E-state index is -6.28. The molecule has 0 saturated carbocycles. The van der Waals surface area contributed by atoms with Gasteiger partial charge in [0.05, 0.1) is 0 Å². The molecular formula is H4CaMo2O14P2. The van der Waals surface area contributed by atoms with Crippen molar-refractivity contribution in [1.82, 2.24) is 0 Å². The van der Waals surface area contributed by atoms with Crippen LogP contribution in [0.1, 0.15) is 0 Å². The first-order valence-electron chi connectivity index (χ1n) is 2.86. The van der Waals surface area contributed by atoms with E-state index >= 15 is 0 Å². The summed E-state index contributed by atoms with van der Waals surface area (Å²) in [5, 5.41) is 0. The minimum Gasteiger partial charge on any atom is 2.00 e. The zero-order valence-electron chi connectivity index (χ0n) is 8.29. The largest absolute Gasteiger partial charge is 2.00 e. The van der Waals surface area contributed by atoms with E-state index < -0.39 is 49.1 Å². The van der Waals surface area contributed by atoms with Crippen LogP contribution in [0.15, 0.2) is 0 Å². The fraction of sp³-hybridized carbons (Fsp3) is 0. The molecule has 112 valence electrons. The second kappa shape index (κ2) is 9.19. The van der Waals surface area contributed by atoms with Crippen molar-refractivity contribution in [2.24, 2.45) is 0 Å². The molecule has 0 radical (unpaired) electrons. The van der Waals surface area contributed by atoms with Gasteiger partial charge in [-0.05, 0) is 0 Å². The predicted octanol–water partition coefficient (Wildman–Crippen LogP) is -4.12. The Labute approximate surface area is 141 Å². The molecule has 0 heterocycles. The van der Waals surface area contributed by atoms with Gasteiger partial charge in [0, 0.05) is 0 Å². The summed E-state index contributed by atoms with van der Waals surface area (Å²) >= 11 is -12.6. The van der Waals surface area contributed by atoms with Gasteiger partial charge in [-0.25, -0.2) is 0 Å². The normalized spacial score (nSPS) is 12.9. The molecule has 0 aromatic rings. The third-order valence-electron chi connectivity index (χ3n) is 0.377. The molecule has 0 aromatic carbocycles. The van der Waals surface area contributed by atoms with E-state index in [1.807, 2.05) is 0 Å². The molecule has 0 aliphatic carbocycles. The summed E-state index contributed by atoms with van der Waals surface area (Å²) in [6, 6.07) is 0. The van der Waals surface area contributed by atoms with Crippen LogP contribution in [0.5, 0.6) is 0 Å². The van der Waals surface area contributed by atoms with Crippen molar-refractivity contribution >= 4 is 53.4 Å². The van der Waals surface area contributed by atoms with Gasteiger partial charge in [-0.3, -0.25) is 0 Å². The van der Waals surface area contributed by atoms with Crippen molar-refractivity contribution in [3.63, 3.8) is 0 Å². The van der Waals surface area contributed by atoms with Gasteiger partial charge in [-0.15, -0.1) is 0 Å². The van der Waals surface area contributed by atoms with Crippen LogP contribution < -0.4 is 7.52 Å². The number of hydrogen-bond donors (Lipinski definition) is 4. The van der Waals surface area contributed by atoms with Gasteiger partial charge in [0.15, 0.2) is 0 Å². The van der Waals surface area contributed by atoms with Gasteiger partial charge in [0.25, 0.3) is 0 Å². The van der Waals surface area contributed by atoms with E-state index in [4.69, 9.17) is 19.6 Å². The van der Waals surface area contributed by atoms with Crippen LogP contribution in [-0.2, 0) is 62.6 Å². The molecule has 4 N–H and O–H groups in total. The summed E-state index contributed by atoms with van der Waals surface area (Å²) < 4.78 is 81.7. The molecule has 0 bridgehead atoms. The van der Waals surface area contributed by atoms with Crippen molar-refractivity contribution < 1.29 is 89.7 Å². The summed E-state index contributed by atoms with van der Waals surface area (Å²) in [6.45, 7) is 0. The second-order valence-corrected chi connectivity index (χ2v) is 10.4. The summed E-state index contributed by atoms with van der Waals surface area (Å²) in [4.78, 5) is 30.8. The van der Waals surface area contributed by atoms with E-state index in [0.29, 0.717) is 0 Å². The molecule has 0 spiro atoms. The van der Waals surface area contributed by atoms with Gasteiger partial charge >= 0.3 is 143 Å². The van der Waals surface area contributed by atoms with Gasteiger partial charge < -0.3 is 0 Å². The maximum Gasteiger partial charge on any atom is 2.00 e. The van der Waals surface area contributed by atoms with E-state index in [9.17, 15) is 30.2 Å². The maximum absolute atomic E-state index is 9.57. The van der Waals surface area contributed by atoms with Crippen LogP contribution in [-0.4, -0.2) is 57.3 Å². The Bertz CT molecular complexity index is 488. The van der Waals surface area contributed by atoms with E-state index in [1.165, 1.54) is 0 Å². The Hall–Kier alpha value is 1.98. The Balaban J connectivity index is -0.000000256. The predicted molar refractivity (Wildman–Crippen MR) is 34.8 cm³/mol. The molecule has 0 aliphatic heterocycles. The van der Waals surface area contributed by atoms with Crippen molar-refractivity contribution in [3.8, 4) is 0 Å². The monoisotopic (exact) mass is 526 g/mol. The maximum atomic E-state index is 9.57. The molecule has 19 heteroatoms. The van der Waals surface area contributed by atoms with Gasteiger partial charge in [-0.2, -0.15) is 0 Å². The van der Waals surface area contributed by atoms with Crippen LogP contribution in [0.4, 0.5) is 0 Å². The van der Waals surface area contributed by atoms with Crippen molar-refractivity contribution in [2.45, 2.75) is 0 Å². The summed E-state index contributed by atoms with van der Waals surface area (Å²) in [5.74, 6) is 0. The van der Waals surface area contributed by atoms with E-state index in [1.54, 1.807) is 0 Å². The number of hydrogen-bond acceptors (Lipinski definition) is 10. The van der Waals surface area contributed by atoms with Crippen molar-refractivity contribution in [2.75, 3.05) is 0 Å². The molecule has 0 fully saturated rings. The molecule has 0 unspecified atom stereocenters. The van der Waals surface area contributed by atoms with Gasteiger partial charge in [0.2, 0.25) is 0 Å². The van der Waals surface area contributed by atoms with E-state index in [2.05, 4.69) is 6.35 Å². The number of phosphoric acid groups is 2. The molecule has 14 nitrogen and oxygen atoms in total. The fourth-order valence-corrected chi connectivity index (χ4v) is 4.22. The van der Waals surface area contributed by atoms with Crippen LogP contribution >= 0.6 is 15.6 Å². The summed E-state index contributed by atoms with van der Waals surface area (Å²) in [5.41, 5.74) is 0. The van der Waals surface area contributed by atoms with Crippen LogP contribution in [0.3, 0.4) is 0 Å².